The lowest BCUT2D eigenvalue weighted by molar-refractivity contribution is -0.384. The molecule has 0 aliphatic carbocycles. The third-order valence-electron chi connectivity index (χ3n) is 5.01. The number of ether oxygens (including phenoxy) is 4. The number of carbonyl (C=O) groups excluding carboxylic acids is 1. The molecule has 0 saturated heterocycles. The summed E-state index contributed by atoms with van der Waals surface area (Å²) in [5.74, 6) is 2.06. The molecule has 35 heavy (non-hydrogen) atoms. The van der Waals surface area contributed by atoms with Crippen LogP contribution in [0.15, 0.2) is 65.8 Å². The second-order valence-electron chi connectivity index (χ2n) is 7.51. The Hall–Kier alpha value is -4.60. The molecule has 1 amide bonds. The predicted molar refractivity (Wildman–Crippen MR) is 127 cm³/mol. The zero-order valence-corrected chi connectivity index (χ0v) is 18.9. The first-order valence-corrected chi connectivity index (χ1v) is 10.8. The molecule has 3 aromatic rings. The maximum absolute atomic E-state index is 12.2. The third-order valence-corrected chi connectivity index (χ3v) is 5.01. The third kappa shape index (κ3) is 6.26. The number of amides is 1. The molecule has 10 heteroatoms. The molecule has 180 valence electrons. The van der Waals surface area contributed by atoms with Gasteiger partial charge in [-0.15, -0.1) is 0 Å². The average Bonchev–Trinajstić information content (AvgIpc) is 3.32. The Kier molecular flexibility index (Phi) is 7.41. The highest BCUT2D eigenvalue weighted by molar-refractivity contribution is 5.84. The minimum absolute atomic E-state index is 0.0235. The van der Waals surface area contributed by atoms with Gasteiger partial charge in [-0.3, -0.25) is 14.9 Å². The lowest BCUT2D eigenvalue weighted by Crippen LogP contribution is -2.19. The van der Waals surface area contributed by atoms with Gasteiger partial charge in [0.15, 0.2) is 23.0 Å². The first-order chi connectivity index (χ1) is 17.0. The highest BCUT2D eigenvalue weighted by atomic mass is 16.7. The topological polar surface area (TPSA) is 122 Å². The van der Waals surface area contributed by atoms with Crippen LogP contribution in [-0.4, -0.2) is 30.4 Å². The second kappa shape index (κ2) is 11.0. The number of nitro groups is 1. The summed E-state index contributed by atoms with van der Waals surface area (Å²) in [7, 11) is 0. The number of nitrogens with zero attached hydrogens (tertiary/aromatic N) is 2. The summed E-state index contributed by atoms with van der Waals surface area (Å²) >= 11 is 0. The summed E-state index contributed by atoms with van der Waals surface area (Å²) < 4.78 is 22.1. The van der Waals surface area contributed by atoms with Crippen molar-refractivity contribution in [3.8, 4) is 23.0 Å². The normalized spacial score (nSPS) is 11.9. The van der Waals surface area contributed by atoms with E-state index >= 15 is 0 Å². The van der Waals surface area contributed by atoms with E-state index in [1.54, 1.807) is 48.5 Å². The van der Waals surface area contributed by atoms with Crippen molar-refractivity contribution in [1.29, 1.82) is 0 Å². The molecule has 0 bridgehead atoms. The van der Waals surface area contributed by atoms with Crippen molar-refractivity contribution in [2.45, 2.75) is 20.0 Å². The smallest absolute Gasteiger partial charge is 0.269 e. The zero-order valence-electron chi connectivity index (χ0n) is 18.9. The van der Waals surface area contributed by atoms with E-state index in [4.69, 9.17) is 18.9 Å². The van der Waals surface area contributed by atoms with E-state index in [-0.39, 0.29) is 31.4 Å². The van der Waals surface area contributed by atoms with E-state index < -0.39 is 4.92 Å². The molecule has 0 unspecified atom stereocenters. The molecule has 1 heterocycles. The van der Waals surface area contributed by atoms with Gasteiger partial charge in [0.2, 0.25) is 12.7 Å². The first kappa shape index (κ1) is 23.6. The van der Waals surface area contributed by atoms with Crippen LogP contribution >= 0.6 is 0 Å². The van der Waals surface area contributed by atoms with Crippen LogP contribution in [0.25, 0.3) is 0 Å². The number of hydrazone groups is 1. The van der Waals surface area contributed by atoms with Gasteiger partial charge in [-0.25, -0.2) is 5.43 Å². The van der Waals surface area contributed by atoms with Crippen molar-refractivity contribution in [3.05, 3.63) is 87.5 Å². The fourth-order valence-electron chi connectivity index (χ4n) is 3.32. The summed E-state index contributed by atoms with van der Waals surface area (Å²) in [6.45, 7) is 2.69. The van der Waals surface area contributed by atoms with E-state index in [1.165, 1.54) is 18.3 Å². The van der Waals surface area contributed by atoms with E-state index in [0.717, 1.165) is 11.1 Å². The Morgan fingerprint density at radius 3 is 2.57 bits per heavy atom. The number of hydrogen-bond acceptors (Lipinski definition) is 8. The van der Waals surface area contributed by atoms with Gasteiger partial charge in [-0.1, -0.05) is 6.07 Å². The monoisotopic (exact) mass is 477 g/mol. The van der Waals surface area contributed by atoms with Gasteiger partial charge in [-0.2, -0.15) is 5.10 Å². The van der Waals surface area contributed by atoms with Crippen LogP contribution in [0.4, 0.5) is 5.69 Å². The highest BCUT2D eigenvalue weighted by Crippen LogP contribution is 2.32. The van der Waals surface area contributed by atoms with Crippen LogP contribution in [0, 0.1) is 10.1 Å². The molecule has 1 aliphatic rings. The van der Waals surface area contributed by atoms with E-state index in [9.17, 15) is 14.9 Å². The van der Waals surface area contributed by atoms with E-state index in [2.05, 4.69) is 10.5 Å². The Morgan fingerprint density at radius 2 is 1.80 bits per heavy atom. The molecule has 0 aromatic heterocycles. The summed E-state index contributed by atoms with van der Waals surface area (Å²) in [4.78, 5) is 22.6. The van der Waals surface area contributed by atoms with Gasteiger partial charge in [-0.05, 0) is 66.1 Å². The first-order valence-electron chi connectivity index (χ1n) is 10.8. The number of non-ortho nitro benzene ring substituents is 1. The van der Waals surface area contributed by atoms with Gasteiger partial charge >= 0.3 is 0 Å². The summed E-state index contributed by atoms with van der Waals surface area (Å²) in [6, 6.07) is 16.8. The number of nitrogens with one attached hydrogen (secondary N) is 1. The molecular formula is C25H23N3O7. The van der Waals surface area contributed by atoms with Gasteiger partial charge in [0, 0.05) is 12.1 Å². The zero-order chi connectivity index (χ0) is 24.6. The summed E-state index contributed by atoms with van der Waals surface area (Å²) in [5.41, 5.74) is 4.82. The fourth-order valence-corrected chi connectivity index (χ4v) is 3.32. The minimum atomic E-state index is -0.447. The van der Waals surface area contributed by atoms with Crippen LogP contribution in [0.3, 0.4) is 0 Å². The maximum Gasteiger partial charge on any atom is 0.269 e. The van der Waals surface area contributed by atoms with Crippen LogP contribution < -0.4 is 24.4 Å². The minimum Gasteiger partial charge on any atom is -0.490 e. The van der Waals surface area contributed by atoms with Crippen molar-refractivity contribution in [1.82, 2.24) is 5.43 Å². The maximum atomic E-state index is 12.2. The van der Waals surface area contributed by atoms with Crippen molar-refractivity contribution in [2.75, 3.05) is 13.4 Å². The number of hydrogen-bond donors (Lipinski definition) is 1. The van der Waals surface area contributed by atoms with Crippen molar-refractivity contribution in [2.24, 2.45) is 5.10 Å². The number of fused-ring (bicyclic) bond motifs is 1. The Labute approximate surface area is 201 Å². The summed E-state index contributed by atoms with van der Waals surface area (Å²) in [5, 5.41) is 14.8. The molecule has 0 saturated carbocycles. The molecule has 1 aliphatic heterocycles. The molecular weight excluding hydrogens is 454 g/mol. The molecule has 0 fully saturated rings. The van der Waals surface area contributed by atoms with Crippen LogP contribution in [0.2, 0.25) is 0 Å². The quantitative estimate of drug-likeness (QED) is 0.266. The number of benzene rings is 3. The van der Waals surface area contributed by atoms with Crippen molar-refractivity contribution < 1.29 is 28.7 Å². The molecule has 0 spiro atoms. The molecule has 3 aromatic carbocycles. The van der Waals surface area contributed by atoms with Crippen LogP contribution in [0.1, 0.15) is 23.6 Å². The molecule has 1 N–H and O–H groups in total. The lowest BCUT2D eigenvalue weighted by atomic mass is 10.1. The Bertz CT molecular complexity index is 1240. The van der Waals surface area contributed by atoms with Gasteiger partial charge in [0.25, 0.3) is 5.69 Å². The fraction of sp³-hybridized carbons (Fsp3) is 0.200. The predicted octanol–water partition coefficient (Wildman–Crippen LogP) is 3.99. The lowest BCUT2D eigenvalue weighted by Gasteiger charge is -2.12. The van der Waals surface area contributed by atoms with Gasteiger partial charge < -0.3 is 18.9 Å². The number of rotatable bonds is 10. The van der Waals surface area contributed by atoms with Crippen molar-refractivity contribution >= 4 is 17.8 Å². The standard InChI is InChI=1S/C25H23N3O7/c1-2-32-23-12-19(6-10-21(23)33-15-17-3-7-20(8-4-17)28(30)31)14-26-27-25(29)13-18-5-9-22-24(11-18)35-16-34-22/h3-12,14H,2,13,15-16H2,1H3,(H,27,29)/b26-14+. The molecule has 0 radical (unpaired) electrons. The average molecular weight is 477 g/mol. The largest absolute Gasteiger partial charge is 0.490 e. The summed E-state index contributed by atoms with van der Waals surface area (Å²) in [6.07, 6.45) is 1.66. The molecule has 4 rings (SSSR count). The second-order valence-corrected chi connectivity index (χ2v) is 7.51. The highest BCUT2D eigenvalue weighted by Gasteiger charge is 2.14. The van der Waals surface area contributed by atoms with Crippen molar-refractivity contribution in [3.63, 3.8) is 0 Å². The van der Waals surface area contributed by atoms with Gasteiger partial charge in [0.05, 0.1) is 24.2 Å². The van der Waals surface area contributed by atoms with E-state index in [1.807, 2.05) is 6.92 Å². The number of carbonyl (C=O) groups is 1. The Balaban J connectivity index is 1.34. The van der Waals surface area contributed by atoms with Crippen LogP contribution in [-0.2, 0) is 17.8 Å². The van der Waals surface area contributed by atoms with Gasteiger partial charge in [0.1, 0.15) is 6.61 Å². The van der Waals surface area contributed by atoms with Crippen LogP contribution in [0.5, 0.6) is 23.0 Å². The number of nitro benzene ring substituents is 1. The Morgan fingerprint density at radius 1 is 1.03 bits per heavy atom. The SMILES string of the molecule is CCOc1cc(/C=N/NC(=O)Cc2ccc3c(c2)OCO3)ccc1OCc1ccc([N+](=O)[O-])cc1. The molecule has 0 atom stereocenters. The van der Waals surface area contributed by atoms with E-state index in [0.29, 0.717) is 35.2 Å². The molecule has 10 nitrogen and oxygen atoms in total.